The van der Waals surface area contributed by atoms with Crippen molar-refractivity contribution in [2.75, 3.05) is 26.9 Å². The van der Waals surface area contributed by atoms with Crippen molar-refractivity contribution >= 4 is 5.91 Å². The summed E-state index contributed by atoms with van der Waals surface area (Å²) in [6.07, 6.45) is 0.770. The van der Waals surface area contributed by atoms with Gasteiger partial charge in [-0.1, -0.05) is 5.16 Å². The molecule has 1 aromatic rings. The topological polar surface area (TPSA) is 86.5 Å². The molecule has 0 bridgehead atoms. The van der Waals surface area contributed by atoms with E-state index in [-0.39, 0.29) is 18.6 Å². The number of nitrogens with one attached hydrogen (secondary N) is 1. The Labute approximate surface area is 93.1 Å². The number of ether oxygens (including phenoxy) is 2. The SMILES string of the molecule is COCCCNC(=O)COc1nc(C)no1. The van der Waals surface area contributed by atoms with Crippen LogP contribution in [0.1, 0.15) is 12.2 Å². The standard InChI is InChI=1S/C9H15N3O4/c1-7-11-9(16-12-7)15-6-8(13)10-4-3-5-14-2/h3-6H2,1-2H3,(H,10,13). The van der Waals surface area contributed by atoms with Crippen LogP contribution in [0.2, 0.25) is 0 Å². The molecular weight excluding hydrogens is 214 g/mol. The van der Waals surface area contributed by atoms with Crippen LogP contribution in [-0.4, -0.2) is 42.9 Å². The summed E-state index contributed by atoms with van der Waals surface area (Å²) in [4.78, 5) is 15.0. The third-order valence-electron chi connectivity index (χ3n) is 1.68. The summed E-state index contributed by atoms with van der Waals surface area (Å²) in [5.74, 6) is 0.238. The Morgan fingerprint density at radius 1 is 1.56 bits per heavy atom. The van der Waals surface area contributed by atoms with Crippen LogP contribution in [0.3, 0.4) is 0 Å². The molecule has 0 aromatic carbocycles. The summed E-state index contributed by atoms with van der Waals surface area (Å²) in [6.45, 7) is 2.71. The molecule has 0 saturated carbocycles. The van der Waals surface area contributed by atoms with Crippen LogP contribution in [-0.2, 0) is 9.53 Å². The fourth-order valence-electron chi connectivity index (χ4n) is 0.959. The first-order valence-corrected chi connectivity index (χ1v) is 4.91. The number of hydrogen-bond donors (Lipinski definition) is 1. The number of methoxy groups -OCH3 is 1. The van der Waals surface area contributed by atoms with Crippen molar-refractivity contribution in [2.45, 2.75) is 13.3 Å². The number of rotatable bonds is 7. The number of hydrogen-bond acceptors (Lipinski definition) is 6. The molecule has 0 aliphatic rings. The van der Waals surface area contributed by atoms with Crippen molar-refractivity contribution in [3.8, 4) is 6.08 Å². The predicted octanol–water partition coefficient (Wildman–Crippen LogP) is -0.0905. The summed E-state index contributed by atoms with van der Waals surface area (Å²) in [6, 6.07) is 0. The first kappa shape index (κ1) is 12.4. The second-order valence-electron chi connectivity index (χ2n) is 3.09. The van der Waals surface area contributed by atoms with Gasteiger partial charge in [-0.25, -0.2) is 0 Å². The maximum absolute atomic E-state index is 11.2. The zero-order chi connectivity index (χ0) is 11.8. The summed E-state index contributed by atoms with van der Waals surface area (Å²) >= 11 is 0. The molecular formula is C9H15N3O4. The van der Waals surface area contributed by atoms with Crippen molar-refractivity contribution in [1.82, 2.24) is 15.5 Å². The van der Waals surface area contributed by atoms with Crippen LogP contribution in [0, 0.1) is 6.92 Å². The Morgan fingerprint density at radius 2 is 2.38 bits per heavy atom. The molecule has 16 heavy (non-hydrogen) atoms. The zero-order valence-corrected chi connectivity index (χ0v) is 9.36. The first-order chi connectivity index (χ1) is 7.72. The molecule has 1 rings (SSSR count). The van der Waals surface area contributed by atoms with Gasteiger partial charge in [0.05, 0.1) is 0 Å². The maximum atomic E-state index is 11.2. The molecule has 7 heteroatoms. The summed E-state index contributed by atoms with van der Waals surface area (Å²) in [5, 5.41) is 6.18. The molecule has 7 nitrogen and oxygen atoms in total. The zero-order valence-electron chi connectivity index (χ0n) is 9.36. The van der Waals surface area contributed by atoms with E-state index in [0.717, 1.165) is 6.42 Å². The highest BCUT2D eigenvalue weighted by Gasteiger charge is 2.06. The lowest BCUT2D eigenvalue weighted by molar-refractivity contribution is -0.123. The lowest BCUT2D eigenvalue weighted by atomic mass is 10.4. The molecule has 1 amide bonds. The Morgan fingerprint density at radius 3 is 3.00 bits per heavy atom. The molecule has 0 aliphatic heterocycles. The van der Waals surface area contributed by atoms with Gasteiger partial charge < -0.3 is 14.8 Å². The molecule has 0 spiro atoms. The van der Waals surface area contributed by atoms with Crippen LogP contribution < -0.4 is 10.1 Å². The summed E-state index contributed by atoms with van der Waals surface area (Å²) in [7, 11) is 1.61. The molecule has 1 N–H and O–H groups in total. The Balaban J connectivity index is 2.10. The average Bonchev–Trinajstić information content (AvgIpc) is 2.68. The molecule has 1 heterocycles. The smallest absolute Gasteiger partial charge is 0.417 e. The summed E-state index contributed by atoms with van der Waals surface area (Å²) < 4.78 is 14.5. The van der Waals surface area contributed by atoms with Crippen molar-refractivity contribution in [3.05, 3.63) is 5.82 Å². The Bertz CT molecular complexity index is 326. The number of amides is 1. The fourth-order valence-corrected chi connectivity index (χ4v) is 0.959. The number of aryl methyl sites for hydroxylation is 1. The van der Waals surface area contributed by atoms with Crippen molar-refractivity contribution in [3.63, 3.8) is 0 Å². The highest BCUT2D eigenvalue weighted by atomic mass is 16.6. The Hall–Kier alpha value is -1.63. The van der Waals surface area contributed by atoms with Gasteiger partial charge in [0, 0.05) is 20.3 Å². The van der Waals surface area contributed by atoms with Gasteiger partial charge in [-0.15, -0.1) is 0 Å². The monoisotopic (exact) mass is 229 g/mol. The van der Waals surface area contributed by atoms with Gasteiger partial charge in [0.15, 0.2) is 12.4 Å². The first-order valence-electron chi connectivity index (χ1n) is 4.91. The lowest BCUT2D eigenvalue weighted by Crippen LogP contribution is -2.30. The van der Waals surface area contributed by atoms with Crippen molar-refractivity contribution < 1.29 is 18.8 Å². The van der Waals surface area contributed by atoms with Crippen LogP contribution in [0.15, 0.2) is 4.52 Å². The quantitative estimate of drug-likeness (QED) is 0.657. The lowest BCUT2D eigenvalue weighted by Gasteiger charge is -2.03. The number of aromatic nitrogens is 2. The molecule has 90 valence electrons. The molecule has 0 fully saturated rings. The molecule has 1 aromatic heterocycles. The maximum Gasteiger partial charge on any atom is 0.417 e. The van der Waals surface area contributed by atoms with Gasteiger partial charge >= 0.3 is 6.08 Å². The van der Waals surface area contributed by atoms with Crippen LogP contribution in [0.4, 0.5) is 0 Å². The predicted molar refractivity (Wildman–Crippen MR) is 54.0 cm³/mol. The van der Waals surface area contributed by atoms with E-state index >= 15 is 0 Å². The third kappa shape index (κ3) is 4.74. The van der Waals surface area contributed by atoms with E-state index in [2.05, 4.69) is 20.0 Å². The van der Waals surface area contributed by atoms with Gasteiger partial charge in [0.2, 0.25) is 0 Å². The highest BCUT2D eigenvalue weighted by molar-refractivity contribution is 5.77. The minimum absolute atomic E-state index is 0.00421. The number of carbonyl (C=O) groups excluding carboxylic acids is 1. The van der Waals surface area contributed by atoms with E-state index in [1.165, 1.54) is 0 Å². The molecule has 0 unspecified atom stereocenters. The van der Waals surface area contributed by atoms with Gasteiger partial charge in [-0.05, 0) is 13.3 Å². The van der Waals surface area contributed by atoms with Gasteiger partial charge in [0.1, 0.15) is 0 Å². The minimum Gasteiger partial charge on any atom is -0.439 e. The molecule has 0 atom stereocenters. The van der Waals surface area contributed by atoms with E-state index in [9.17, 15) is 4.79 Å². The van der Waals surface area contributed by atoms with Crippen molar-refractivity contribution in [1.29, 1.82) is 0 Å². The van der Waals surface area contributed by atoms with Crippen molar-refractivity contribution in [2.24, 2.45) is 0 Å². The van der Waals surface area contributed by atoms with Crippen LogP contribution in [0.25, 0.3) is 0 Å². The highest BCUT2D eigenvalue weighted by Crippen LogP contribution is 2.04. The van der Waals surface area contributed by atoms with Crippen LogP contribution in [0.5, 0.6) is 6.08 Å². The van der Waals surface area contributed by atoms with Gasteiger partial charge in [-0.3, -0.25) is 9.32 Å². The van der Waals surface area contributed by atoms with E-state index in [1.807, 2.05) is 0 Å². The second-order valence-corrected chi connectivity index (χ2v) is 3.09. The largest absolute Gasteiger partial charge is 0.439 e. The molecule has 0 saturated heterocycles. The summed E-state index contributed by atoms with van der Waals surface area (Å²) in [5.41, 5.74) is 0. The third-order valence-corrected chi connectivity index (χ3v) is 1.68. The van der Waals surface area contributed by atoms with Crippen LogP contribution >= 0.6 is 0 Å². The van der Waals surface area contributed by atoms with Gasteiger partial charge in [0.25, 0.3) is 5.91 Å². The van der Waals surface area contributed by atoms with E-state index in [4.69, 9.17) is 9.47 Å². The molecule has 0 radical (unpaired) electrons. The normalized spacial score (nSPS) is 10.1. The minimum atomic E-state index is -0.230. The number of nitrogens with zero attached hydrogens (tertiary/aromatic N) is 2. The number of carbonyl (C=O) groups is 1. The fraction of sp³-hybridized carbons (Fsp3) is 0.667. The Kier molecular flexibility index (Phi) is 5.27. The van der Waals surface area contributed by atoms with E-state index in [1.54, 1.807) is 14.0 Å². The van der Waals surface area contributed by atoms with Gasteiger partial charge in [-0.2, -0.15) is 4.98 Å². The molecule has 0 aliphatic carbocycles. The average molecular weight is 229 g/mol. The van der Waals surface area contributed by atoms with E-state index < -0.39 is 0 Å². The second kappa shape index (κ2) is 6.78. The van der Waals surface area contributed by atoms with E-state index in [0.29, 0.717) is 19.0 Å².